The van der Waals surface area contributed by atoms with Crippen molar-refractivity contribution in [3.8, 4) is 11.1 Å². The van der Waals surface area contributed by atoms with Crippen molar-refractivity contribution in [2.24, 2.45) is 0 Å². The Labute approximate surface area is 126 Å². The van der Waals surface area contributed by atoms with Crippen LogP contribution in [-0.2, 0) is 6.54 Å². The first-order valence-corrected chi connectivity index (χ1v) is 7.38. The monoisotopic (exact) mass is 276 g/mol. The van der Waals surface area contributed by atoms with E-state index in [0.29, 0.717) is 0 Å². The fourth-order valence-corrected chi connectivity index (χ4v) is 2.52. The fraction of sp³-hybridized carbons (Fsp3) is 0.211. The zero-order chi connectivity index (χ0) is 14.7. The number of hydrogen-bond acceptors (Lipinski definition) is 2. The summed E-state index contributed by atoms with van der Waals surface area (Å²) in [6, 6.07) is 17.3. The quantitative estimate of drug-likeness (QED) is 0.704. The van der Waals surface area contributed by atoms with Crippen molar-refractivity contribution in [3.05, 3.63) is 66.5 Å². The maximum absolute atomic E-state index is 4.40. The highest BCUT2D eigenvalue weighted by Crippen LogP contribution is 2.24. The number of hydrogen-bond donors (Lipinski definition) is 0. The molecule has 106 valence electrons. The number of pyridine rings is 1. The summed E-state index contributed by atoms with van der Waals surface area (Å²) in [4.78, 5) is 6.68. The summed E-state index contributed by atoms with van der Waals surface area (Å²) in [5.41, 5.74) is 3.66. The summed E-state index contributed by atoms with van der Waals surface area (Å²) in [7, 11) is 2.13. The van der Waals surface area contributed by atoms with E-state index in [4.69, 9.17) is 0 Å². The van der Waals surface area contributed by atoms with Crippen LogP contribution in [0.15, 0.2) is 60.9 Å². The number of nitrogens with zero attached hydrogens (tertiary/aromatic N) is 2. The molecule has 3 aromatic rings. The average Bonchev–Trinajstić information content (AvgIpc) is 2.54. The van der Waals surface area contributed by atoms with Gasteiger partial charge in [0.25, 0.3) is 0 Å². The molecule has 0 spiro atoms. The average molecular weight is 276 g/mol. The summed E-state index contributed by atoms with van der Waals surface area (Å²) < 4.78 is 0. The largest absolute Gasteiger partial charge is 0.302 e. The first kappa shape index (κ1) is 13.8. The molecule has 0 aliphatic carbocycles. The van der Waals surface area contributed by atoms with Gasteiger partial charge in [0, 0.05) is 24.5 Å². The second-order valence-corrected chi connectivity index (χ2v) is 5.47. The zero-order valence-corrected chi connectivity index (χ0v) is 12.6. The van der Waals surface area contributed by atoms with Gasteiger partial charge in [-0.05, 0) is 47.6 Å². The minimum Gasteiger partial charge on any atom is -0.302 e. The van der Waals surface area contributed by atoms with Crippen LogP contribution in [0.3, 0.4) is 0 Å². The smallest absolute Gasteiger partial charge is 0.0346 e. The summed E-state index contributed by atoms with van der Waals surface area (Å²) in [6.07, 6.45) is 3.90. The van der Waals surface area contributed by atoms with Crippen molar-refractivity contribution in [2.45, 2.75) is 13.5 Å². The van der Waals surface area contributed by atoms with Crippen molar-refractivity contribution in [1.29, 1.82) is 0 Å². The lowest BCUT2D eigenvalue weighted by molar-refractivity contribution is 0.345. The molecule has 21 heavy (non-hydrogen) atoms. The van der Waals surface area contributed by atoms with Crippen molar-refractivity contribution in [1.82, 2.24) is 9.88 Å². The van der Waals surface area contributed by atoms with Gasteiger partial charge in [0.1, 0.15) is 0 Å². The van der Waals surface area contributed by atoms with Gasteiger partial charge < -0.3 is 4.90 Å². The molecule has 1 heterocycles. The van der Waals surface area contributed by atoms with Gasteiger partial charge in [0.05, 0.1) is 0 Å². The molecule has 0 fully saturated rings. The Balaban J connectivity index is 1.96. The third-order valence-corrected chi connectivity index (χ3v) is 3.87. The summed E-state index contributed by atoms with van der Waals surface area (Å²) in [5.74, 6) is 0. The number of fused-ring (bicyclic) bond motifs is 1. The van der Waals surface area contributed by atoms with Gasteiger partial charge in [-0.15, -0.1) is 0 Å². The Morgan fingerprint density at radius 3 is 2.52 bits per heavy atom. The van der Waals surface area contributed by atoms with Crippen LogP contribution in [0.1, 0.15) is 12.5 Å². The SMILES string of the molecule is CCN(C)Cc1cncc(-c2ccc3ccccc3c2)c1. The van der Waals surface area contributed by atoms with Gasteiger partial charge in [-0.1, -0.05) is 43.3 Å². The molecule has 0 atom stereocenters. The van der Waals surface area contributed by atoms with Crippen LogP contribution >= 0.6 is 0 Å². The van der Waals surface area contributed by atoms with Gasteiger partial charge >= 0.3 is 0 Å². The zero-order valence-electron chi connectivity index (χ0n) is 12.6. The third-order valence-electron chi connectivity index (χ3n) is 3.87. The molecule has 0 unspecified atom stereocenters. The van der Waals surface area contributed by atoms with Crippen molar-refractivity contribution < 1.29 is 0 Å². The summed E-state index contributed by atoms with van der Waals surface area (Å²) in [6.45, 7) is 4.14. The van der Waals surface area contributed by atoms with Crippen molar-refractivity contribution in [2.75, 3.05) is 13.6 Å². The Morgan fingerprint density at radius 2 is 1.71 bits per heavy atom. The van der Waals surface area contributed by atoms with Crippen molar-refractivity contribution in [3.63, 3.8) is 0 Å². The van der Waals surface area contributed by atoms with Gasteiger partial charge in [0.15, 0.2) is 0 Å². The molecule has 2 aromatic carbocycles. The van der Waals surface area contributed by atoms with E-state index in [1.165, 1.54) is 27.5 Å². The highest BCUT2D eigenvalue weighted by molar-refractivity contribution is 5.87. The van der Waals surface area contributed by atoms with E-state index in [-0.39, 0.29) is 0 Å². The molecule has 0 amide bonds. The predicted octanol–water partition coefficient (Wildman–Crippen LogP) is 4.35. The molecule has 2 heteroatoms. The van der Waals surface area contributed by atoms with E-state index in [2.05, 4.69) is 72.4 Å². The lowest BCUT2D eigenvalue weighted by atomic mass is 10.0. The molecule has 0 saturated heterocycles. The first-order chi connectivity index (χ1) is 10.3. The second kappa shape index (κ2) is 6.06. The highest BCUT2D eigenvalue weighted by Gasteiger charge is 2.03. The van der Waals surface area contributed by atoms with E-state index >= 15 is 0 Å². The summed E-state index contributed by atoms with van der Waals surface area (Å²) in [5, 5.41) is 2.54. The van der Waals surface area contributed by atoms with Crippen LogP contribution in [0.4, 0.5) is 0 Å². The van der Waals surface area contributed by atoms with Crippen LogP contribution in [0.2, 0.25) is 0 Å². The molecular formula is C19H20N2. The standard InChI is InChI=1S/C19H20N2/c1-3-21(2)14-15-10-19(13-20-12-15)18-9-8-16-6-4-5-7-17(16)11-18/h4-13H,3,14H2,1-2H3. The Kier molecular flexibility index (Phi) is 3.98. The molecule has 0 saturated carbocycles. The molecular weight excluding hydrogens is 256 g/mol. The molecule has 0 aliphatic heterocycles. The second-order valence-electron chi connectivity index (χ2n) is 5.47. The normalized spacial score (nSPS) is 11.2. The van der Waals surface area contributed by atoms with E-state index in [1.54, 1.807) is 0 Å². The van der Waals surface area contributed by atoms with E-state index < -0.39 is 0 Å². The van der Waals surface area contributed by atoms with Crippen molar-refractivity contribution >= 4 is 10.8 Å². The van der Waals surface area contributed by atoms with Crippen LogP contribution in [0.25, 0.3) is 21.9 Å². The lowest BCUT2D eigenvalue weighted by Gasteiger charge is -2.14. The van der Waals surface area contributed by atoms with Gasteiger partial charge in [-0.3, -0.25) is 4.98 Å². The number of rotatable bonds is 4. The number of aromatic nitrogens is 1. The minimum absolute atomic E-state index is 0.935. The minimum atomic E-state index is 0.935. The molecule has 2 nitrogen and oxygen atoms in total. The lowest BCUT2D eigenvalue weighted by Crippen LogP contribution is -2.16. The fourth-order valence-electron chi connectivity index (χ4n) is 2.52. The molecule has 1 aromatic heterocycles. The first-order valence-electron chi connectivity index (χ1n) is 7.38. The van der Waals surface area contributed by atoms with Gasteiger partial charge in [-0.2, -0.15) is 0 Å². The molecule has 0 aliphatic rings. The van der Waals surface area contributed by atoms with Crippen LogP contribution < -0.4 is 0 Å². The van der Waals surface area contributed by atoms with Crippen LogP contribution in [0.5, 0.6) is 0 Å². The Bertz CT molecular complexity index is 749. The number of benzene rings is 2. The molecule has 0 radical (unpaired) electrons. The van der Waals surface area contributed by atoms with Gasteiger partial charge in [-0.25, -0.2) is 0 Å². The summed E-state index contributed by atoms with van der Waals surface area (Å²) >= 11 is 0. The van der Waals surface area contributed by atoms with Gasteiger partial charge in [0.2, 0.25) is 0 Å². The van der Waals surface area contributed by atoms with E-state index in [1.807, 2.05) is 12.4 Å². The predicted molar refractivity (Wildman–Crippen MR) is 89.2 cm³/mol. The maximum atomic E-state index is 4.40. The van der Waals surface area contributed by atoms with Crippen LogP contribution in [0, 0.1) is 0 Å². The highest BCUT2D eigenvalue weighted by atomic mass is 15.1. The topological polar surface area (TPSA) is 16.1 Å². The van der Waals surface area contributed by atoms with E-state index in [0.717, 1.165) is 13.1 Å². The Morgan fingerprint density at radius 1 is 0.905 bits per heavy atom. The molecule has 0 N–H and O–H groups in total. The van der Waals surface area contributed by atoms with E-state index in [9.17, 15) is 0 Å². The van der Waals surface area contributed by atoms with Crippen LogP contribution in [-0.4, -0.2) is 23.5 Å². The molecule has 3 rings (SSSR count). The maximum Gasteiger partial charge on any atom is 0.0346 e. The third kappa shape index (κ3) is 3.11. The molecule has 0 bridgehead atoms. The Hall–Kier alpha value is -2.19.